The normalized spacial score (nSPS) is 11.9. The lowest BCUT2D eigenvalue weighted by Gasteiger charge is -2.12. The van der Waals surface area contributed by atoms with Gasteiger partial charge in [-0.1, -0.05) is 28.9 Å². The van der Waals surface area contributed by atoms with Gasteiger partial charge in [-0.25, -0.2) is 8.42 Å². The summed E-state index contributed by atoms with van der Waals surface area (Å²) in [4.78, 5) is 12.3. The number of nitrogens with one attached hydrogen (secondary N) is 1. The minimum absolute atomic E-state index is 0.0494. The molecular formula is C17H15BrF3NO4S. The van der Waals surface area contributed by atoms with E-state index >= 15 is 0 Å². The average Bonchev–Trinajstić information content (AvgIpc) is 2.58. The van der Waals surface area contributed by atoms with Crippen molar-refractivity contribution in [2.45, 2.75) is 24.7 Å². The van der Waals surface area contributed by atoms with Crippen LogP contribution >= 0.6 is 15.9 Å². The molecule has 1 amide bonds. The first kappa shape index (κ1) is 21.2. The molecule has 0 aromatic heterocycles. The van der Waals surface area contributed by atoms with E-state index in [2.05, 4.69) is 26.0 Å². The fraction of sp³-hybridized carbons (Fsp3) is 0.235. The van der Waals surface area contributed by atoms with Gasteiger partial charge in [0.25, 0.3) is 5.91 Å². The molecule has 2 aromatic carbocycles. The number of benzene rings is 2. The van der Waals surface area contributed by atoms with Gasteiger partial charge in [0, 0.05) is 16.6 Å². The quantitative estimate of drug-likeness (QED) is 0.697. The molecule has 27 heavy (non-hydrogen) atoms. The van der Waals surface area contributed by atoms with Crippen molar-refractivity contribution < 1.29 is 31.1 Å². The highest BCUT2D eigenvalue weighted by Crippen LogP contribution is 2.24. The standard InChI is InChI=1S/C17H15BrF3NO4S/c1-2-27(24,25)15-7-6-13(18)8-12(15)10-22-16(23)11-4-3-5-14(9-11)26-17(19,20)21/h3-9H,2,10H2,1H3,(H,22,23). The zero-order valence-electron chi connectivity index (χ0n) is 14.0. The number of sulfone groups is 1. The second-order valence-corrected chi connectivity index (χ2v) is 8.58. The molecule has 5 nitrogen and oxygen atoms in total. The Hall–Kier alpha value is -2.07. The minimum Gasteiger partial charge on any atom is -0.406 e. The second kappa shape index (κ2) is 8.30. The van der Waals surface area contributed by atoms with E-state index in [1.807, 2.05) is 0 Å². The number of carbonyl (C=O) groups is 1. The first-order valence-electron chi connectivity index (χ1n) is 7.67. The molecule has 0 saturated heterocycles. The topological polar surface area (TPSA) is 72.5 Å². The summed E-state index contributed by atoms with van der Waals surface area (Å²) in [6.07, 6.45) is -4.87. The van der Waals surface area contributed by atoms with E-state index in [1.165, 1.54) is 25.1 Å². The van der Waals surface area contributed by atoms with Gasteiger partial charge in [0.05, 0.1) is 10.6 Å². The third-order valence-corrected chi connectivity index (χ3v) is 5.83. The molecule has 0 fully saturated rings. The number of hydrogen-bond donors (Lipinski definition) is 1. The molecule has 0 atom stereocenters. The van der Waals surface area contributed by atoms with E-state index in [0.29, 0.717) is 10.0 Å². The van der Waals surface area contributed by atoms with Gasteiger partial charge in [-0.2, -0.15) is 0 Å². The largest absolute Gasteiger partial charge is 0.573 e. The lowest BCUT2D eigenvalue weighted by molar-refractivity contribution is -0.274. The number of amides is 1. The van der Waals surface area contributed by atoms with Gasteiger partial charge >= 0.3 is 6.36 Å². The third-order valence-electron chi connectivity index (χ3n) is 3.51. The van der Waals surface area contributed by atoms with Crippen molar-refractivity contribution in [2.24, 2.45) is 0 Å². The van der Waals surface area contributed by atoms with Crippen LogP contribution < -0.4 is 10.1 Å². The SMILES string of the molecule is CCS(=O)(=O)c1ccc(Br)cc1CNC(=O)c1cccc(OC(F)(F)F)c1. The Balaban J connectivity index is 2.19. The summed E-state index contributed by atoms with van der Waals surface area (Å²) in [6.45, 7) is 1.39. The van der Waals surface area contributed by atoms with Gasteiger partial charge in [0.15, 0.2) is 9.84 Å². The summed E-state index contributed by atoms with van der Waals surface area (Å²) in [5.74, 6) is -1.29. The molecule has 0 aliphatic carbocycles. The van der Waals surface area contributed by atoms with Crippen molar-refractivity contribution in [1.29, 1.82) is 0 Å². The van der Waals surface area contributed by atoms with Gasteiger partial charge < -0.3 is 10.1 Å². The molecule has 0 unspecified atom stereocenters. The minimum atomic E-state index is -4.87. The Kier molecular flexibility index (Phi) is 6.53. The summed E-state index contributed by atoms with van der Waals surface area (Å²) in [5.41, 5.74) is 0.314. The van der Waals surface area contributed by atoms with Gasteiger partial charge in [-0.15, -0.1) is 13.2 Å². The van der Waals surface area contributed by atoms with Crippen molar-refractivity contribution in [3.8, 4) is 5.75 Å². The Morgan fingerprint density at radius 2 is 1.89 bits per heavy atom. The fourth-order valence-corrected chi connectivity index (χ4v) is 3.78. The Morgan fingerprint density at radius 1 is 1.19 bits per heavy atom. The molecule has 0 bridgehead atoms. The predicted octanol–water partition coefficient (Wildman–Crippen LogP) is 4.07. The smallest absolute Gasteiger partial charge is 0.406 e. The summed E-state index contributed by atoms with van der Waals surface area (Å²) in [5, 5.41) is 2.51. The van der Waals surface area contributed by atoms with E-state index in [1.54, 1.807) is 12.1 Å². The van der Waals surface area contributed by atoms with Crippen molar-refractivity contribution in [1.82, 2.24) is 5.32 Å². The van der Waals surface area contributed by atoms with Crippen LogP contribution in [0, 0.1) is 0 Å². The summed E-state index contributed by atoms with van der Waals surface area (Å²) in [6, 6.07) is 9.17. The lowest BCUT2D eigenvalue weighted by Crippen LogP contribution is -2.24. The molecule has 0 aliphatic heterocycles. The zero-order valence-corrected chi connectivity index (χ0v) is 16.4. The maximum absolute atomic E-state index is 12.3. The van der Waals surface area contributed by atoms with Crippen LogP contribution in [-0.2, 0) is 16.4 Å². The molecule has 146 valence electrons. The molecule has 2 rings (SSSR count). The van der Waals surface area contributed by atoms with Crippen molar-refractivity contribution >= 4 is 31.7 Å². The summed E-state index contributed by atoms with van der Waals surface area (Å²) < 4.78 is 65.6. The molecule has 0 heterocycles. The Morgan fingerprint density at radius 3 is 2.52 bits per heavy atom. The van der Waals surface area contributed by atoms with Crippen LogP contribution in [0.2, 0.25) is 0 Å². The average molecular weight is 466 g/mol. The van der Waals surface area contributed by atoms with Crippen LogP contribution in [0.4, 0.5) is 13.2 Å². The first-order chi connectivity index (χ1) is 12.5. The summed E-state index contributed by atoms with van der Waals surface area (Å²) >= 11 is 3.24. The maximum atomic E-state index is 12.3. The van der Waals surface area contributed by atoms with Crippen LogP contribution in [0.1, 0.15) is 22.8 Å². The number of carbonyl (C=O) groups excluding carboxylic acids is 1. The van der Waals surface area contributed by atoms with Crippen molar-refractivity contribution in [3.63, 3.8) is 0 Å². The number of ether oxygens (including phenoxy) is 1. The fourth-order valence-electron chi connectivity index (χ4n) is 2.26. The lowest BCUT2D eigenvalue weighted by atomic mass is 10.2. The van der Waals surface area contributed by atoms with Crippen LogP contribution in [0.25, 0.3) is 0 Å². The van der Waals surface area contributed by atoms with Crippen LogP contribution in [0.5, 0.6) is 5.75 Å². The number of halogens is 4. The van der Waals surface area contributed by atoms with Gasteiger partial charge in [0.1, 0.15) is 5.75 Å². The van der Waals surface area contributed by atoms with Crippen molar-refractivity contribution in [2.75, 3.05) is 5.75 Å². The zero-order chi connectivity index (χ0) is 20.2. The molecule has 10 heteroatoms. The highest BCUT2D eigenvalue weighted by Gasteiger charge is 2.31. The second-order valence-electron chi connectivity index (χ2n) is 5.41. The molecule has 0 saturated carbocycles. The number of rotatable bonds is 6. The Labute approximate surface area is 162 Å². The Bertz CT molecular complexity index is 945. The van der Waals surface area contributed by atoms with Crippen LogP contribution in [-0.4, -0.2) is 26.4 Å². The van der Waals surface area contributed by atoms with E-state index in [0.717, 1.165) is 12.1 Å². The molecule has 2 aromatic rings. The first-order valence-corrected chi connectivity index (χ1v) is 10.1. The molecular weight excluding hydrogens is 451 g/mol. The maximum Gasteiger partial charge on any atom is 0.573 e. The van der Waals surface area contributed by atoms with Gasteiger partial charge in [0.2, 0.25) is 0 Å². The molecule has 1 N–H and O–H groups in total. The number of hydrogen-bond acceptors (Lipinski definition) is 4. The van der Waals surface area contributed by atoms with Crippen LogP contribution in [0.3, 0.4) is 0 Å². The summed E-state index contributed by atoms with van der Waals surface area (Å²) in [7, 11) is -3.50. The van der Waals surface area contributed by atoms with Gasteiger partial charge in [-0.05, 0) is 42.0 Å². The molecule has 0 spiro atoms. The van der Waals surface area contributed by atoms with Gasteiger partial charge in [-0.3, -0.25) is 4.79 Å². The highest BCUT2D eigenvalue weighted by atomic mass is 79.9. The van der Waals surface area contributed by atoms with Crippen LogP contribution in [0.15, 0.2) is 51.8 Å². The monoisotopic (exact) mass is 465 g/mol. The molecule has 0 radical (unpaired) electrons. The number of alkyl halides is 3. The highest BCUT2D eigenvalue weighted by molar-refractivity contribution is 9.10. The van der Waals surface area contributed by atoms with Crippen molar-refractivity contribution in [3.05, 3.63) is 58.1 Å². The van der Waals surface area contributed by atoms with E-state index < -0.39 is 27.9 Å². The predicted molar refractivity (Wildman–Crippen MR) is 96.2 cm³/mol. The van der Waals surface area contributed by atoms with E-state index in [-0.39, 0.29) is 22.8 Å². The van der Waals surface area contributed by atoms with E-state index in [4.69, 9.17) is 0 Å². The van der Waals surface area contributed by atoms with E-state index in [9.17, 15) is 26.4 Å². The molecule has 0 aliphatic rings. The third kappa shape index (κ3) is 5.96.